The van der Waals surface area contributed by atoms with Crippen LogP contribution in [0.3, 0.4) is 0 Å². The lowest BCUT2D eigenvalue weighted by atomic mass is 9.77. The lowest BCUT2D eigenvalue weighted by Gasteiger charge is -2.39. The third kappa shape index (κ3) is 3.58. The molecule has 3 heterocycles. The minimum Gasteiger partial charge on any atom is -0.481 e. The summed E-state index contributed by atoms with van der Waals surface area (Å²) in [6.45, 7) is 5.43. The van der Waals surface area contributed by atoms with E-state index in [0.717, 1.165) is 13.1 Å². The van der Waals surface area contributed by atoms with E-state index in [2.05, 4.69) is 9.97 Å². The Morgan fingerprint density at radius 1 is 1.24 bits per heavy atom. The molecular weight excluding hydrogens is 324 g/mol. The van der Waals surface area contributed by atoms with E-state index in [1.165, 1.54) is 12.4 Å². The van der Waals surface area contributed by atoms with E-state index < -0.39 is 11.4 Å². The van der Waals surface area contributed by atoms with Crippen molar-refractivity contribution in [3.05, 3.63) is 18.0 Å². The van der Waals surface area contributed by atoms with Crippen molar-refractivity contribution >= 4 is 17.8 Å². The fraction of sp³-hybridized carbons (Fsp3) is 0.647. The van der Waals surface area contributed by atoms with E-state index in [0.29, 0.717) is 50.5 Å². The van der Waals surface area contributed by atoms with Crippen molar-refractivity contribution in [3.63, 3.8) is 0 Å². The predicted molar refractivity (Wildman–Crippen MR) is 90.6 cm³/mol. The van der Waals surface area contributed by atoms with Crippen molar-refractivity contribution in [3.8, 4) is 0 Å². The Balaban J connectivity index is 1.71. The number of carbonyl (C=O) groups is 2. The van der Waals surface area contributed by atoms with Gasteiger partial charge < -0.3 is 19.6 Å². The monoisotopic (exact) mass is 348 g/mol. The largest absolute Gasteiger partial charge is 0.481 e. The van der Waals surface area contributed by atoms with Gasteiger partial charge in [0.1, 0.15) is 0 Å². The van der Waals surface area contributed by atoms with Crippen LogP contribution in [-0.2, 0) is 9.53 Å². The first-order valence-electron chi connectivity index (χ1n) is 8.73. The molecular formula is C17H24N4O4. The summed E-state index contributed by atoms with van der Waals surface area (Å²) in [5.41, 5.74) is -0.447. The first-order chi connectivity index (χ1) is 12.1. The molecule has 0 radical (unpaired) electrons. The third-order valence-electron chi connectivity index (χ3n) is 5.17. The van der Waals surface area contributed by atoms with Gasteiger partial charge in [-0.2, -0.15) is 0 Å². The molecule has 1 aromatic heterocycles. The van der Waals surface area contributed by atoms with Crippen LogP contribution in [0.15, 0.2) is 12.4 Å². The number of morpholine rings is 1. The second kappa shape index (κ2) is 7.35. The zero-order chi connectivity index (χ0) is 17.9. The van der Waals surface area contributed by atoms with E-state index in [1.807, 2.05) is 11.8 Å². The predicted octanol–water partition coefficient (Wildman–Crippen LogP) is 1.03. The number of hydrogen-bond acceptors (Lipinski definition) is 6. The Morgan fingerprint density at radius 3 is 2.52 bits per heavy atom. The van der Waals surface area contributed by atoms with Gasteiger partial charge in [-0.05, 0) is 19.3 Å². The Hall–Kier alpha value is -2.22. The lowest BCUT2D eigenvalue weighted by Crippen LogP contribution is -2.49. The van der Waals surface area contributed by atoms with Crippen LogP contribution in [0.4, 0.5) is 5.95 Å². The molecule has 1 N–H and O–H groups in total. The molecule has 1 atom stereocenters. The van der Waals surface area contributed by atoms with Crippen molar-refractivity contribution in [1.29, 1.82) is 0 Å². The van der Waals surface area contributed by atoms with Gasteiger partial charge in [0, 0.05) is 38.6 Å². The second-order valence-corrected chi connectivity index (χ2v) is 6.64. The normalized spacial score (nSPS) is 24.2. The molecule has 0 aliphatic carbocycles. The molecule has 2 aliphatic rings. The maximum Gasteiger partial charge on any atom is 0.311 e. The minimum absolute atomic E-state index is 0.202. The molecule has 0 aromatic carbocycles. The molecule has 0 spiro atoms. The number of amides is 1. The van der Waals surface area contributed by atoms with E-state index in [4.69, 9.17) is 4.74 Å². The summed E-state index contributed by atoms with van der Waals surface area (Å²) in [7, 11) is 0. The Labute approximate surface area is 146 Å². The van der Waals surface area contributed by atoms with E-state index in [-0.39, 0.29) is 12.5 Å². The summed E-state index contributed by atoms with van der Waals surface area (Å²) in [6.07, 6.45) is 4.87. The molecule has 2 aliphatic heterocycles. The van der Waals surface area contributed by atoms with Crippen LogP contribution in [-0.4, -0.2) is 71.2 Å². The van der Waals surface area contributed by atoms with Gasteiger partial charge in [-0.15, -0.1) is 0 Å². The molecule has 0 bridgehead atoms. The highest BCUT2D eigenvalue weighted by molar-refractivity contribution is 5.94. The highest BCUT2D eigenvalue weighted by Gasteiger charge is 2.42. The number of carboxylic acid groups (broad SMARTS) is 1. The van der Waals surface area contributed by atoms with Crippen molar-refractivity contribution in [2.24, 2.45) is 5.41 Å². The third-order valence-corrected chi connectivity index (χ3v) is 5.17. The molecule has 8 heteroatoms. The summed E-state index contributed by atoms with van der Waals surface area (Å²) >= 11 is 0. The molecule has 2 saturated heterocycles. The number of aromatic nitrogens is 2. The number of anilines is 1. The number of rotatable bonds is 4. The lowest BCUT2D eigenvalue weighted by molar-refractivity contribution is -0.152. The molecule has 0 saturated carbocycles. The number of carbonyl (C=O) groups excluding carboxylic acids is 1. The van der Waals surface area contributed by atoms with Crippen LogP contribution >= 0.6 is 0 Å². The summed E-state index contributed by atoms with van der Waals surface area (Å²) in [5, 5.41) is 9.56. The molecule has 1 amide bonds. The Kier molecular flexibility index (Phi) is 5.17. The summed E-state index contributed by atoms with van der Waals surface area (Å²) in [5.74, 6) is -0.439. The van der Waals surface area contributed by atoms with Crippen molar-refractivity contribution in [2.75, 3.05) is 44.3 Å². The number of carboxylic acids is 1. The Bertz CT molecular complexity index is 630. The van der Waals surface area contributed by atoms with Crippen molar-refractivity contribution < 1.29 is 19.4 Å². The molecule has 25 heavy (non-hydrogen) atoms. The van der Waals surface area contributed by atoms with Gasteiger partial charge in [-0.1, -0.05) is 6.92 Å². The van der Waals surface area contributed by atoms with Gasteiger partial charge in [0.15, 0.2) is 0 Å². The van der Waals surface area contributed by atoms with Gasteiger partial charge >= 0.3 is 5.97 Å². The number of likely N-dealkylation sites (tertiary alicyclic amines) is 1. The zero-order valence-corrected chi connectivity index (χ0v) is 14.5. The average molecular weight is 348 g/mol. The summed E-state index contributed by atoms with van der Waals surface area (Å²) in [6, 6.07) is 0. The van der Waals surface area contributed by atoms with Crippen LogP contribution in [0.5, 0.6) is 0 Å². The van der Waals surface area contributed by atoms with Crippen LogP contribution < -0.4 is 4.90 Å². The first kappa shape index (κ1) is 17.6. The first-order valence-corrected chi connectivity index (χ1v) is 8.73. The molecule has 8 nitrogen and oxygen atoms in total. The smallest absolute Gasteiger partial charge is 0.311 e. The van der Waals surface area contributed by atoms with Gasteiger partial charge in [0.25, 0.3) is 5.91 Å². The highest BCUT2D eigenvalue weighted by atomic mass is 16.5. The van der Waals surface area contributed by atoms with Gasteiger partial charge in [0.2, 0.25) is 5.95 Å². The topological polar surface area (TPSA) is 95.9 Å². The quantitative estimate of drug-likeness (QED) is 0.868. The van der Waals surface area contributed by atoms with Gasteiger partial charge in [-0.25, -0.2) is 9.97 Å². The second-order valence-electron chi connectivity index (χ2n) is 6.64. The van der Waals surface area contributed by atoms with Crippen molar-refractivity contribution in [2.45, 2.75) is 26.2 Å². The standard InChI is InChI=1S/C17H24N4O4/c1-2-17(15(23)24)4-3-5-21(12-17)14(22)13-10-18-16(19-11-13)20-6-8-25-9-7-20/h10-11H,2-9,12H2,1H3,(H,23,24)/t17-/m0/s1. The van der Waals surface area contributed by atoms with E-state index in [1.54, 1.807) is 4.90 Å². The maximum atomic E-state index is 12.7. The average Bonchev–Trinajstić information content (AvgIpc) is 2.68. The maximum absolute atomic E-state index is 12.7. The molecule has 1 aromatic rings. The van der Waals surface area contributed by atoms with E-state index >= 15 is 0 Å². The highest BCUT2D eigenvalue weighted by Crippen LogP contribution is 2.34. The number of nitrogens with zero attached hydrogens (tertiary/aromatic N) is 4. The molecule has 2 fully saturated rings. The number of hydrogen-bond donors (Lipinski definition) is 1. The fourth-order valence-corrected chi connectivity index (χ4v) is 3.46. The molecule has 136 valence electrons. The number of aliphatic carboxylic acids is 1. The van der Waals surface area contributed by atoms with Crippen LogP contribution in [0, 0.1) is 5.41 Å². The zero-order valence-electron chi connectivity index (χ0n) is 14.5. The van der Waals surface area contributed by atoms with E-state index in [9.17, 15) is 14.7 Å². The summed E-state index contributed by atoms with van der Waals surface area (Å²) < 4.78 is 5.31. The number of ether oxygens (including phenoxy) is 1. The van der Waals surface area contributed by atoms with Crippen LogP contribution in [0.1, 0.15) is 36.5 Å². The van der Waals surface area contributed by atoms with Crippen LogP contribution in [0.25, 0.3) is 0 Å². The summed E-state index contributed by atoms with van der Waals surface area (Å²) in [4.78, 5) is 36.6. The van der Waals surface area contributed by atoms with Crippen molar-refractivity contribution in [1.82, 2.24) is 14.9 Å². The van der Waals surface area contributed by atoms with Gasteiger partial charge in [-0.3, -0.25) is 9.59 Å². The molecule has 0 unspecified atom stereocenters. The Morgan fingerprint density at radius 2 is 1.92 bits per heavy atom. The van der Waals surface area contributed by atoms with Crippen LogP contribution in [0.2, 0.25) is 0 Å². The number of piperidine rings is 1. The SMILES string of the molecule is CC[C@]1(C(=O)O)CCCN(C(=O)c2cnc(N3CCOCC3)nc2)C1. The fourth-order valence-electron chi connectivity index (χ4n) is 3.46. The van der Waals surface area contributed by atoms with Gasteiger partial charge in [0.05, 0.1) is 24.2 Å². The molecule has 3 rings (SSSR count). The minimum atomic E-state index is -0.845.